The summed E-state index contributed by atoms with van der Waals surface area (Å²) in [4.78, 5) is 26.4. The number of rotatable bonds is 5. The maximum Gasteiger partial charge on any atom is 0.326 e. The third kappa shape index (κ3) is 4.18. The number of carbonyl (C=O) groups is 2. The standard InChI is InChI=1S/C12H23N3O3/c1-9(6-8-14(2)3)13-12(18)15-7-4-5-10(15)11(16)17/h9-10H,4-8H2,1-3H3,(H,13,18)(H,16,17)/t9?,10-/m1/s1. The second kappa shape index (κ2) is 6.58. The van der Waals surface area contributed by atoms with E-state index in [0.717, 1.165) is 19.4 Å². The van der Waals surface area contributed by atoms with Crippen LogP contribution in [0.5, 0.6) is 0 Å². The fourth-order valence-electron chi connectivity index (χ4n) is 2.08. The number of hydrogen-bond acceptors (Lipinski definition) is 3. The summed E-state index contributed by atoms with van der Waals surface area (Å²) in [5, 5.41) is 11.9. The molecule has 1 fully saturated rings. The van der Waals surface area contributed by atoms with Crippen molar-refractivity contribution in [2.24, 2.45) is 0 Å². The minimum atomic E-state index is -0.913. The molecule has 6 nitrogen and oxygen atoms in total. The molecule has 1 rings (SSSR count). The van der Waals surface area contributed by atoms with Gasteiger partial charge < -0.3 is 20.2 Å². The van der Waals surface area contributed by atoms with E-state index in [1.165, 1.54) is 4.90 Å². The summed E-state index contributed by atoms with van der Waals surface area (Å²) in [7, 11) is 3.96. The molecule has 18 heavy (non-hydrogen) atoms. The van der Waals surface area contributed by atoms with Crippen molar-refractivity contribution < 1.29 is 14.7 Å². The topological polar surface area (TPSA) is 72.9 Å². The van der Waals surface area contributed by atoms with E-state index in [0.29, 0.717) is 13.0 Å². The average Bonchev–Trinajstić information content (AvgIpc) is 2.75. The second-order valence-electron chi connectivity index (χ2n) is 5.13. The molecule has 0 aliphatic carbocycles. The number of urea groups is 1. The average molecular weight is 257 g/mol. The van der Waals surface area contributed by atoms with Gasteiger partial charge in [-0.15, -0.1) is 0 Å². The Morgan fingerprint density at radius 3 is 2.72 bits per heavy atom. The van der Waals surface area contributed by atoms with Crippen LogP contribution < -0.4 is 5.32 Å². The van der Waals surface area contributed by atoms with Gasteiger partial charge in [-0.25, -0.2) is 9.59 Å². The molecule has 1 unspecified atom stereocenters. The lowest BCUT2D eigenvalue weighted by atomic mass is 10.2. The van der Waals surface area contributed by atoms with Crippen molar-refractivity contribution in [3.63, 3.8) is 0 Å². The van der Waals surface area contributed by atoms with E-state index in [1.54, 1.807) is 0 Å². The van der Waals surface area contributed by atoms with E-state index < -0.39 is 12.0 Å². The normalized spacial score (nSPS) is 21.1. The van der Waals surface area contributed by atoms with Crippen molar-refractivity contribution in [2.75, 3.05) is 27.2 Å². The van der Waals surface area contributed by atoms with Gasteiger partial charge in [0.15, 0.2) is 0 Å². The number of aliphatic carboxylic acids is 1. The number of carboxylic acids is 1. The summed E-state index contributed by atoms with van der Waals surface area (Å²) in [6.07, 6.45) is 2.16. The molecule has 104 valence electrons. The summed E-state index contributed by atoms with van der Waals surface area (Å²) in [6.45, 7) is 3.36. The lowest BCUT2D eigenvalue weighted by Gasteiger charge is -2.24. The van der Waals surface area contributed by atoms with Gasteiger partial charge in [-0.2, -0.15) is 0 Å². The van der Waals surface area contributed by atoms with Gasteiger partial charge >= 0.3 is 12.0 Å². The van der Waals surface area contributed by atoms with Gasteiger partial charge in [0.05, 0.1) is 0 Å². The highest BCUT2D eigenvalue weighted by Crippen LogP contribution is 2.17. The lowest BCUT2D eigenvalue weighted by Crippen LogP contribution is -2.48. The monoisotopic (exact) mass is 257 g/mol. The predicted molar refractivity (Wildman–Crippen MR) is 68.5 cm³/mol. The maximum atomic E-state index is 12.0. The van der Waals surface area contributed by atoms with E-state index in [4.69, 9.17) is 5.11 Å². The summed E-state index contributed by atoms with van der Waals surface area (Å²) >= 11 is 0. The Morgan fingerprint density at radius 1 is 1.50 bits per heavy atom. The van der Waals surface area contributed by atoms with Crippen molar-refractivity contribution in [2.45, 2.75) is 38.3 Å². The Bertz CT molecular complexity index is 307. The van der Waals surface area contributed by atoms with Crippen LogP contribution in [0.1, 0.15) is 26.2 Å². The van der Waals surface area contributed by atoms with E-state index in [2.05, 4.69) is 10.2 Å². The zero-order valence-electron chi connectivity index (χ0n) is 11.3. The SMILES string of the molecule is CC(CCN(C)C)NC(=O)N1CCC[C@@H]1C(=O)O. The molecule has 1 saturated heterocycles. The number of nitrogens with one attached hydrogen (secondary N) is 1. The minimum absolute atomic E-state index is 0.0509. The van der Waals surface area contributed by atoms with E-state index in [1.807, 2.05) is 21.0 Å². The molecule has 0 saturated carbocycles. The van der Waals surface area contributed by atoms with Crippen LogP contribution in [-0.2, 0) is 4.79 Å². The lowest BCUT2D eigenvalue weighted by molar-refractivity contribution is -0.141. The minimum Gasteiger partial charge on any atom is -0.480 e. The van der Waals surface area contributed by atoms with Gasteiger partial charge in [0, 0.05) is 12.6 Å². The van der Waals surface area contributed by atoms with Crippen LogP contribution in [0.4, 0.5) is 4.79 Å². The Labute approximate surface area is 108 Å². The maximum absolute atomic E-state index is 12.0. The molecule has 6 heteroatoms. The van der Waals surface area contributed by atoms with Gasteiger partial charge in [-0.3, -0.25) is 0 Å². The van der Waals surface area contributed by atoms with Gasteiger partial charge in [0.2, 0.25) is 0 Å². The third-order valence-corrected chi connectivity index (χ3v) is 3.18. The molecule has 0 spiro atoms. The third-order valence-electron chi connectivity index (χ3n) is 3.18. The summed E-state index contributed by atoms with van der Waals surface area (Å²) in [5.74, 6) is -0.913. The first-order valence-corrected chi connectivity index (χ1v) is 6.36. The van der Waals surface area contributed by atoms with E-state index in [9.17, 15) is 9.59 Å². The molecule has 0 aromatic rings. The number of carboxylic acid groups (broad SMARTS) is 1. The number of carbonyl (C=O) groups excluding carboxylic acids is 1. The Morgan fingerprint density at radius 2 is 2.17 bits per heavy atom. The van der Waals surface area contributed by atoms with E-state index in [-0.39, 0.29) is 12.1 Å². The molecule has 1 aliphatic heterocycles. The number of hydrogen-bond donors (Lipinski definition) is 2. The highest BCUT2D eigenvalue weighted by molar-refractivity contribution is 5.83. The van der Waals surface area contributed by atoms with Crippen LogP contribution in [0, 0.1) is 0 Å². The smallest absolute Gasteiger partial charge is 0.326 e. The molecule has 2 N–H and O–H groups in total. The molecular weight excluding hydrogens is 234 g/mol. The first-order chi connectivity index (χ1) is 8.41. The van der Waals surface area contributed by atoms with E-state index >= 15 is 0 Å². The summed E-state index contributed by atoms with van der Waals surface area (Å²) < 4.78 is 0. The first kappa shape index (κ1) is 14.8. The zero-order chi connectivity index (χ0) is 13.7. The Balaban J connectivity index is 2.42. The van der Waals surface area contributed by atoms with Gasteiger partial charge in [-0.1, -0.05) is 0 Å². The Kier molecular flexibility index (Phi) is 5.40. The Hall–Kier alpha value is -1.30. The summed E-state index contributed by atoms with van der Waals surface area (Å²) in [6, 6.07) is -0.868. The molecule has 0 radical (unpaired) electrons. The van der Waals surface area contributed by atoms with Crippen molar-refractivity contribution in [1.29, 1.82) is 0 Å². The second-order valence-corrected chi connectivity index (χ2v) is 5.13. The largest absolute Gasteiger partial charge is 0.480 e. The number of likely N-dealkylation sites (tertiary alicyclic amines) is 1. The van der Waals surface area contributed by atoms with Crippen molar-refractivity contribution >= 4 is 12.0 Å². The van der Waals surface area contributed by atoms with Gasteiger partial charge in [0.25, 0.3) is 0 Å². The zero-order valence-corrected chi connectivity index (χ0v) is 11.3. The predicted octanol–water partition coefficient (Wildman–Crippen LogP) is 0.585. The molecule has 2 amide bonds. The highest BCUT2D eigenvalue weighted by Gasteiger charge is 2.34. The van der Waals surface area contributed by atoms with Crippen LogP contribution in [0.15, 0.2) is 0 Å². The number of nitrogens with zero attached hydrogens (tertiary/aromatic N) is 2. The van der Waals surface area contributed by atoms with Gasteiger partial charge in [0.1, 0.15) is 6.04 Å². The molecule has 0 bridgehead atoms. The molecular formula is C12H23N3O3. The van der Waals surface area contributed by atoms with Crippen LogP contribution in [0.3, 0.4) is 0 Å². The van der Waals surface area contributed by atoms with Crippen molar-refractivity contribution in [1.82, 2.24) is 15.1 Å². The summed E-state index contributed by atoms with van der Waals surface area (Å²) in [5.41, 5.74) is 0. The van der Waals surface area contributed by atoms with Crippen LogP contribution in [0.2, 0.25) is 0 Å². The fraction of sp³-hybridized carbons (Fsp3) is 0.833. The van der Waals surface area contributed by atoms with Crippen molar-refractivity contribution in [3.8, 4) is 0 Å². The molecule has 0 aromatic heterocycles. The van der Waals surface area contributed by atoms with Crippen LogP contribution >= 0.6 is 0 Å². The van der Waals surface area contributed by atoms with Crippen LogP contribution in [-0.4, -0.2) is 66.2 Å². The van der Waals surface area contributed by atoms with Crippen LogP contribution in [0.25, 0.3) is 0 Å². The quantitative estimate of drug-likeness (QED) is 0.756. The first-order valence-electron chi connectivity index (χ1n) is 6.36. The molecule has 1 aliphatic rings. The van der Waals surface area contributed by atoms with Gasteiger partial charge in [-0.05, 0) is 46.8 Å². The molecule has 1 heterocycles. The molecule has 0 aromatic carbocycles. The molecule has 2 atom stereocenters. The number of amides is 2. The highest BCUT2D eigenvalue weighted by atomic mass is 16.4. The van der Waals surface area contributed by atoms with Crippen molar-refractivity contribution in [3.05, 3.63) is 0 Å². The fourth-order valence-corrected chi connectivity index (χ4v) is 2.08.